The van der Waals surface area contributed by atoms with Gasteiger partial charge in [0.25, 0.3) is 0 Å². The van der Waals surface area contributed by atoms with Gasteiger partial charge in [-0.3, -0.25) is 4.98 Å². The third-order valence-corrected chi connectivity index (χ3v) is 5.12. The molecule has 0 unspecified atom stereocenters. The van der Waals surface area contributed by atoms with Crippen LogP contribution in [0.5, 0.6) is 11.5 Å². The lowest BCUT2D eigenvalue weighted by molar-refractivity contribution is 0.340. The van der Waals surface area contributed by atoms with Crippen LogP contribution in [0.25, 0.3) is 0 Å². The van der Waals surface area contributed by atoms with Gasteiger partial charge in [0, 0.05) is 17.9 Å². The Morgan fingerprint density at radius 2 is 1.77 bits per heavy atom. The molecular formula is C22H30N2O2. The standard InChI is InChI=1S/C22H30N2O2/c1-4-20-22(25-3)21(15-16-23-20)24(17-9-7-6-8-10-17)18-11-13-19(14-12-18)26-5-2/h11-17H,4-10H2,1-3H3. The Labute approximate surface area is 157 Å². The number of ether oxygens (including phenoxy) is 2. The van der Waals surface area contributed by atoms with Gasteiger partial charge in [-0.05, 0) is 56.5 Å². The second kappa shape index (κ2) is 8.93. The third-order valence-electron chi connectivity index (χ3n) is 5.12. The molecule has 0 amide bonds. The highest BCUT2D eigenvalue weighted by molar-refractivity contribution is 5.71. The molecule has 140 valence electrons. The predicted molar refractivity (Wildman–Crippen MR) is 107 cm³/mol. The Hall–Kier alpha value is -2.23. The number of aryl methyl sites for hydroxylation is 1. The fraction of sp³-hybridized carbons (Fsp3) is 0.500. The zero-order valence-electron chi connectivity index (χ0n) is 16.2. The van der Waals surface area contributed by atoms with Crippen LogP contribution in [0.2, 0.25) is 0 Å². The van der Waals surface area contributed by atoms with E-state index in [9.17, 15) is 0 Å². The molecule has 0 bridgehead atoms. The number of rotatable bonds is 7. The summed E-state index contributed by atoms with van der Waals surface area (Å²) in [5.74, 6) is 1.81. The lowest BCUT2D eigenvalue weighted by Crippen LogP contribution is -2.33. The minimum absolute atomic E-state index is 0.489. The first-order valence-electron chi connectivity index (χ1n) is 9.82. The van der Waals surface area contributed by atoms with E-state index >= 15 is 0 Å². The van der Waals surface area contributed by atoms with Gasteiger partial charge in [0.05, 0.1) is 25.1 Å². The number of nitrogens with zero attached hydrogens (tertiary/aromatic N) is 2. The topological polar surface area (TPSA) is 34.6 Å². The van der Waals surface area contributed by atoms with Crippen molar-refractivity contribution in [2.75, 3.05) is 18.6 Å². The summed E-state index contributed by atoms with van der Waals surface area (Å²) in [6.07, 6.45) is 9.08. The van der Waals surface area contributed by atoms with Gasteiger partial charge in [-0.2, -0.15) is 0 Å². The lowest BCUT2D eigenvalue weighted by Gasteiger charge is -2.37. The van der Waals surface area contributed by atoms with E-state index in [1.165, 1.54) is 37.8 Å². The average molecular weight is 354 g/mol. The van der Waals surface area contributed by atoms with Crippen molar-refractivity contribution in [2.45, 2.75) is 58.4 Å². The van der Waals surface area contributed by atoms with Crippen LogP contribution in [0.3, 0.4) is 0 Å². The van der Waals surface area contributed by atoms with Gasteiger partial charge in [0.15, 0.2) is 5.75 Å². The first-order valence-corrected chi connectivity index (χ1v) is 9.82. The van der Waals surface area contributed by atoms with Gasteiger partial charge in [0.2, 0.25) is 0 Å². The number of hydrogen-bond donors (Lipinski definition) is 0. The fourth-order valence-electron chi connectivity index (χ4n) is 3.90. The number of methoxy groups -OCH3 is 1. The van der Waals surface area contributed by atoms with E-state index < -0.39 is 0 Å². The number of anilines is 2. The summed E-state index contributed by atoms with van der Waals surface area (Å²) in [5.41, 5.74) is 3.32. The largest absolute Gasteiger partial charge is 0.494 e. The van der Waals surface area contributed by atoms with E-state index in [0.29, 0.717) is 12.6 Å². The van der Waals surface area contributed by atoms with Crippen molar-refractivity contribution in [3.05, 3.63) is 42.2 Å². The maximum Gasteiger partial charge on any atom is 0.163 e. The molecule has 1 aliphatic carbocycles. The third kappa shape index (κ3) is 3.95. The maximum absolute atomic E-state index is 5.79. The summed E-state index contributed by atoms with van der Waals surface area (Å²) in [6, 6.07) is 11.0. The van der Waals surface area contributed by atoms with E-state index in [0.717, 1.165) is 29.3 Å². The molecular weight excluding hydrogens is 324 g/mol. The molecule has 1 aromatic heterocycles. The first-order chi connectivity index (χ1) is 12.8. The molecule has 1 fully saturated rings. The second-order valence-electron chi connectivity index (χ2n) is 6.75. The molecule has 0 saturated heterocycles. The van der Waals surface area contributed by atoms with Gasteiger partial charge < -0.3 is 14.4 Å². The Morgan fingerprint density at radius 1 is 1.04 bits per heavy atom. The van der Waals surface area contributed by atoms with Crippen molar-refractivity contribution in [3.8, 4) is 11.5 Å². The summed E-state index contributed by atoms with van der Waals surface area (Å²) in [7, 11) is 1.75. The molecule has 0 atom stereocenters. The SMILES string of the molecule is CCOc1ccc(N(c2ccnc(CC)c2OC)C2CCCCC2)cc1. The highest BCUT2D eigenvalue weighted by Gasteiger charge is 2.26. The average Bonchev–Trinajstić information content (AvgIpc) is 2.70. The highest BCUT2D eigenvalue weighted by Crippen LogP contribution is 2.40. The maximum atomic E-state index is 5.79. The molecule has 1 aromatic carbocycles. The molecule has 0 aliphatic heterocycles. The molecule has 4 nitrogen and oxygen atoms in total. The normalized spacial score (nSPS) is 14.9. The fourth-order valence-corrected chi connectivity index (χ4v) is 3.90. The number of pyridine rings is 1. The highest BCUT2D eigenvalue weighted by atomic mass is 16.5. The van der Waals surface area contributed by atoms with Gasteiger partial charge >= 0.3 is 0 Å². The minimum Gasteiger partial charge on any atom is -0.494 e. The molecule has 0 spiro atoms. The van der Waals surface area contributed by atoms with Crippen molar-refractivity contribution in [2.24, 2.45) is 0 Å². The summed E-state index contributed by atoms with van der Waals surface area (Å²) in [6.45, 7) is 4.82. The quantitative estimate of drug-likeness (QED) is 0.655. The van der Waals surface area contributed by atoms with Crippen LogP contribution < -0.4 is 14.4 Å². The van der Waals surface area contributed by atoms with Crippen LogP contribution >= 0.6 is 0 Å². The number of benzene rings is 1. The van der Waals surface area contributed by atoms with Crippen LogP contribution in [0.1, 0.15) is 51.6 Å². The minimum atomic E-state index is 0.489. The Bertz CT molecular complexity index is 694. The molecule has 1 saturated carbocycles. The van der Waals surface area contributed by atoms with Crippen LogP contribution in [0.15, 0.2) is 36.5 Å². The Morgan fingerprint density at radius 3 is 2.38 bits per heavy atom. The van der Waals surface area contributed by atoms with E-state index in [1.807, 2.05) is 13.1 Å². The van der Waals surface area contributed by atoms with Gasteiger partial charge in [-0.1, -0.05) is 26.2 Å². The molecule has 0 radical (unpaired) electrons. The lowest BCUT2D eigenvalue weighted by atomic mass is 9.93. The summed E-state index contributed by atoms with van der Waals surface area (Å²) in [4.78, 5) is 6.97. The van der Waals surface area contributed by atoms with Crippen molar-refractivity contribution in [3.63, 3.8) is 0 Å². The zero-order chi connectivity index (χ0) is 18.4. The molecule has 1 heterocycles. The van der Waals surface area contributed by atoms with Crippen LogP contribution in [-0.4, -0.2) is 24.7 Å². The van der Waals surface area contributed by atoms with E-state index in [1.54, 1.807) is 7.11 Å². The first kappa shape index (κ1) is 18.6. The molecule has 1 aliphatic rings. The van der Waals surface area contributed by atoms with E-state index in [2.05, 4.69) is 47.1 Å². The van der Waals surface area contributed by atoms with Gasteiger partial charge in [-0.25, -0.2) is 0 Å². The van der Waals surface area contributed by atoms with Crippen LogP contribution in [0.4, 0.5) is 11.4 Å². The van der Waals surface area contributed by atoms with Crippen LogP contribution in [-0.2, 0) is 6.42 Å². The Kier molecular flexibility index (Phi) is 6.37. The number of aromatic nitrogens is 1. The van der Waals surface area contributed by atoms with Gasteiger partial charge in [-0.15, -0.1) is 0 Å². The predicted octanol–water partition coefficient (Wildman–Crippen LogP) is 5.52. The molecule has 2 aromatic rings. The smallest absolute Gasteiger partial charge is 0.163 e. The zero-order valence-corrected chi connectivity index (χ0v) is 16.2. The van der Waals surface area contributed by atoms with Crippen molar-refractivity contribution in [1.82, 2.24) is 4.98 Å². The molecule has 26 heavy (non-hydrogen) atoms. The van der Waals surface area contributed by atoms with Crippen LogP contribution in [0, 0.1) is 0 Å². The summed E-state index contributed by atoms with van der Waals surface area (Å²) >= 11 is 0. The molecule has 4 heteroatoms. The van der Waals surface area contributed by atoms with Crippen molar-refractivity contribution < 1.29 is 9.47 Å². The molecule has 3 rings (SSSR count). The Balaban J connectivity index is 2.04. The summed E-state index contributed by atoms with van der Waals surface area (Å²) in [5, 5.41) is 0. The molecule has 0 N–H and O–H groups in total. The second-order valence-corrected chi connectivity index (χ2v) is 6.75. The van der Waals surface area contributed by atoms with E-state index in [-0.39, 0.29) is 0 Å². The van der Waals surface area contributed by atoms with E-state index in [4.69, 9.17) is 9.47 Å². The van der Waals surface area contributed by atoms with Crippen molar-refractivity contribution in [1.29, 1.82) is 0 Å². The van der Waals surface area contributed by atoms with Gasteiger partial charge in [0.1, 0.15) is 5.75 Å². The van der Waals surface area contributed by atoms with Crippen molar-refractivity contribution >= 4 is 11.4 Å². The monoisotopic (exact) mass is 354 g/mol. The summed E-state index contributed by atoms with van der Waals surface area (Å²) < 4.78 is 11.4. The number of hydrogen-bond acceptors (Lipinski definition) is 4.